The molecule has 106 valence electrons. The van der Waals surface area contributed by atoms with E-state index in [1.165, 1.54) is 0 Å². The van der Waals surface area contributed by atoms with Gasteiger partial charge in [-0.3, -0.25) is 0 Å². The molecule has 0 bridgehead atoms. The second-order valence-corrected chi connectivity index (χ2v) is 3.26. The Kier molecular flexibility index (Phi) is 4.28. The number of aromatic nitrogens is 1. The van der Waals surface area contributed by atoms with Crippen molar-refractivity contribution >= 4 is 5.97 Å². The molecule has 0 N–H and O–H groups in total. The zero-order valence-electron chi connectivity index (χ0n) is 9.72. The first-order valence-corrected chi connectivity index (χ1v) is 4.75. The number of rotatable bonds is 3. The molecule has 1 rings (SSSR count). The van der Waals surface area contributed by atoms with Crippen molar-refractivity contribution in [3.63, 3.8) is 0 Å². The first-order valence-electron chi connectivity index (χ1n) is 4.75. The zero-order chi connectivity index (χ0) is 14.8. The van der Waals surface area contributed by atoms with E-state index in [1.807, 2.05) is 0 Å². The Morgan fingerprint density at radius 3 is 2.26 bits per heavy atom. The number of hydrogen-bond acceptors (Lipinski definition) is 4. The molecule has 1 heterocycles. The fourth-order valence-corrected chi connectivity index (χ4v) is 1.32. The first-order chi connectivity index (χ1) is 8.72. The Morgan fingerprint density at radius 1 is 1.32 bits per heavy atom. The molecule has 19 heavy (non-hydrogen) atoms. The third-order valence-electron chi connectivity index (χ3n) is 2.11. The van der Waals surface area contributed by atoms with E-state index in [1.54, 1.807) is 0 Å². The second kappa shape index (κ2) is 5.37. The topological polar surface area (TPSA) is 48.4 Å². The number of carbonyl (C=O) groups is 1. The van der Waals surface area contributed by atoms with Gasteiger partial charge in [0.1, 0.15) is 17.0 Å². The fourth-order valence-electron chi connectivity index (χ4n) is 1.32. The Labute approximate surface area is 104 Å². The van der Waals surface area contributed by atoms with Crippen molar-refractivity contribution in [2.75, 3.05) is 14.2 Å². The molecule has 0 saturated carbocycles. The summed E-state index contributed by atoms with van der Waals surface area (Å²) in [6.07, 6.45) is -8.31. The van der Waals surface area contributed by atoms with Crippen molar-refractivity contribution in [3.05, 3.63) is 23.0 Å². The van der Waals surface area contributed by atoms with Crippen LogP contribution in [0.4, 0.5) is 22.0 Å². The van der Waals surface area contributed by atoms with Crippen LogP contribution >= 0.6 is 0 Å². The van der Waals surface area contributed by atoms with Crippen LogP contribution in [0.3, 0.4) is 0 Å². The summed E-state index contributed by atoms with van der Waals surface area (Å²) in [5, 5.41) is 0. The summed E-state index contributed by atoms with van der Waals surface area (Å²) in [5.41, 5.74) is -3.65. The predicted molar refractivity (Wildman–Crippen MR) is 52.1 cm³/mol. The molecule has 0 atom stereocenters. The highest BCUT2D eigenvalue weighted by molar-refractivity contribution is 5.93. The van der Waals surface area contributed by atoms with Gasteiger partial charge in [-0.15, -0.1) is 0 Å². The van der Waals surface area contributed by atoms with Crippen LogP contribution in [0.25, 0.3) is 0 Å². The maximum Gasteiger partial charge on any atom is 0.433 e. The molecular formula is C10H8F5NO3. The minimum absolute atomic E-state index is 0.302. The van der Waals surface area contributed by atoms with E-state index in [2.05, 4.69) is 14.5 Å². The van der Waals surface area contributed by atoms with Gasteiger partial charge in [0.2, 0.25) is 0 Å². The van der Waals surface area contributed by atoms with E-state index in [9.17, 15) is 26.7 Å². The number of carbonyl (C=O) groups excluding carboxylic acids is 1. The Balaban J connectivity index is 3.59. The van der Waals surface area contributed by atoms with Crippen LogP contribution in [0.2, 0.25) is 0 Å². The number of halogens is 5. The van der Waals surface area contributed by atoms with Gasteiger partial charge >= 0.3 is 12.1 Å². The molecule has 0 aliphatic heterocycles. The minimum Gasteiger partial charge on any atom is -0.494 e. The van der Waals surface area contributed by atoms with Crippen LogP contribution in [-0.4, -0.2) is 25.2 Å². The van der Waals surface area contributed by atoms with E-state index < -0.39 is 41.3 Å². The van der Waals surface area contributed by atoms with Crippen LogP contribution in [-0.2, 0) is 10.9 Å². The zero-order valence-corrected chi connectivity index (χ0v) is 9.72. The molecule has 1 aromatic heterocycles. The number of nitrogens with zero attached hydrogens (tertiary/aromatic N) is 1. The molecule has 0 radical (unpaired) electrons. The van der Waals surface area contributed by atoms with Gasteiger partial charge in [0.15, 0.2) is 5.75 Å². The highest BCUT2D eigenvalue weighted by Gasteiger charge is 2.37. The average Bonchev–Trinajstić information content (AvgIpc) is 2.34. The van der Waals surface area contributed by atoms with Gasteiger partial charge in [0, 0.05) is 0 Å². The summed E-state index contributed by atoms with van der Waals surface area (Å²) in [4.78, 5) is 14.1. The van der Waals surface area contributed by atoms with Gasteiger partial charge in [-0.25, -0.2) is 18.6 Å². The standard InChI is InChI=1S/C10H8F5NO3/c1-18-7-4(9(17)19-2)3-5(10(13,14)15)16-6(7)8(11)12/h3,8H,1-2H3. The number of hydrogen-bond donors (Lipinski definition) is 0. The van der Waals surface area contributed by atoms with Crippen LogP contribution in [0, 0.1) is 0 Å². The molecule has 0 unspecified atom stereocenters. The summed E-state index contributed by atoms with van der Waals surface area (Å²) in [7, 11) is 1.83. The summed E-state index contributed by atoms with van der Waals surface area (Å²) in [6.45, 7) is 0. The second-order valence-electron chi connectivity index (χ2n) is 3.26. The van der Waals surface area contributed by atoms with Gasteiger partial charge in [0.05, 0.1) is 14.2 Å². The number of alkyl halides is 5. The molecule has 0 saturated heterocycles. The van der Waals surface area contributed by atoms with E-state index >= 15 is 0 Å². The Bertz CT molecular complexity index is 487. The third kappa shape index (κ3) is 3.09. The van der Waals surface area contributed by atoms with Crippen molar-refractivity contribution in [3.8, 4) is 5.75 Å². The fraction of sp³-hybridized carbons (Fsp3) is 0.400. The summed E-state index contributed by atoms with van der Waals surface area (Å²) < 4.78 is 71.6. The lowest BCUT2D eigenvalue weighted by Gasteiger charge is -2.14. The van der Waals surface area contributed by atoms with Crippen LogP contribution < -0.4 is 4.74 Å². The Hall–Kier alpha value is -1.93. The highest BCUT2D eigenvalue weighted by atomic mass is 19.4. The summed E-state index contributed by atoms with van der Waals surface area (Å²) in [6, 6.07) is 0.302. The minimum atomic E-state index is -4.97. The molecule has 0 amide bonds. The summed E-state index contributed by atoms with van der Waals surface area (Å²) in [5.74, 6) is -1.97. The number of esters is 1. The van der Waals surface area contributed by atoms with Crippen molar-refractivity contribution in [2.24, 2.45) is 0 Å². The maximum atomic E-state index is 12.7. The molecule has 1 aromatic rings. The summed E-state index contributed by atoms with van der Waals surface area (Å²) >= 11 is 0. The quantitative estimate of drug-likeness (QED) is 0.633. The lowest BCUT2D eigenvalue weighted by atomic mass is 10.1. The van der Waals surface area contributed by atoms with E-state index in [0.717, 1.165) is 14.2 Å². The van der Waals surface area contributed by atoms with E-state index in [4.69, 9.17) is 0 Å². The maximum absolute atomic E-state index is 12.7. The number of pyridine rings is 1. The van der Waals surface area contributed by atoms with Gasteiger partial charge in [0.25, 0.3) is 6.43 Å². The third-order valence-corrected chi connectivity index (χ3v) is 2.11. The van der Waals surface area contributed by atoms with Crippen LogP contribution in [0.1, 0.15) is 28.2 Å². The Morgan fingerprint density at radius 2 is 1.89 bits per heavy atom. The first kappa shape index (κ1) is 15.1. The highest BCUT2D eigenvalue weighted by Crippen LogP contribution is 2.36. The van der Waals surface area contributed by atoms with Gasteiger partial charge in [-0.2, -0.15) is 13.2 Å². The molecule has 0 aliphatic carbocycles. The van der Waals surface area contributed by atoms with E-state index in [0.29, 0.717) is 6.07 Å². The number of ether oxygens (including phenoxy) is 2. The number of methoxy groups -OCH3 is 2. The van der Waals surface area contributed by atoms with Gasteiger partial charge in [-0.1, -0.05) is 0 Å². The smallest absolute Gasteiger partial charge is 0.433 e. The van der Waals surface area contributed by atoms with Crippen molar-refractivity contribution in [2.45, 2.75) is 12.6 Å². The lowest BCUT2D eigenvalue weighted by molar-refractivity contribution is -0.141. The van der Waals surface area contributed by atoms with Crippen LogP contribution in [0.5, 0.6) is 5.75 Å². The molecule has 0 fully saturated rings. The molecule has 0 aliphatic rings. The monoisotopic (exact) mass is 285 g/mol. The van der Waals surface area contributed by atoms with Gasteiger partial charge in [-0.05, 0) is 6.07 Å². The predicted octanol–water partition coefficient (Wildman–Crippen LogP) is 2.83. The van der Waals surface area contributed by atoms with E-state index in [-0.39, 0.29) is 0 Å². The van der Waals surface area contributed by atoms with Gasteiger partial charge < -0.3 is 9.47 Å². The lowest BCUT2D eigenvalue weighted by Crippen LogP contribution is -2.15. The molecule has 9 heteroatoms. The van der Waals surface area contributed by atoms with Crippen molar-refractivity contribution in [1.29, 1.82) is 0 Å². The molecule has 0 spiro atoms. The molecular weight excluding hydrogens is 277 g/mol. The average molecular weight is 285 g/mol. The SMILES string of the molecule is COC(=O)c1cc(C(F)(F)F)nc(C(F)F)c1OC. The van der Waals surface area contributed by atoms with Crippen LogP contribution in [0.15, 0.2) is 6.07 Å². The van der Waals surface area contributed by atoms with Crippen molar-refractivity contribution in [1.82, 2.24) is 4.98 Å². The largest absolute Gasteiger partial charge is 0.494 e. The molecule has 0 aromatic carbocycles. The molecule has 4 nitrogen and oxygen atoms in total. The van der Waals surface area contributed by atoms with Crippen molar-refractivity contribution < 1.29 is 36.2 Å². The normalized spacial score (nSPS) is 11.6.